The Morgan fingerprint density at radius 1 is 0.909 bits per heavy atom. The number of carboxylic acids is 1. The van der Waals surface area contributed by atoms with Crippen molar-refractivity contribution in [2.75, 3.05) is 12.4 Å². The van der Waals surface area contributed by atoms with E-state index in [1.54, 1.807) is 0 Å². The van der Waals surface area contributed by atoms with E-state index in [0.29, 0.717) is 6.61 Å². The molecule has 6 nitrogen and oxygen atoms in total. The Balaban J connectivity index is -0.000000158. The molecular formula is C14H31NaO6S. The fraction of sp³-hybridized carbons (Fsp3) is 0.929. The summed E-state index contributed by atoms with van der Waals surface area (Å²) in [5, 5.41) is 16.3. The van der Waals surface area contributed by atoms with Crippen molar-refractivity contribution in [3.8, 4) is 0 Å². The summed E-state index contributed by atoms with van der Waals surface area (Å²) >= 11 is 0. The summed E-state index contributed by atoms with van der Waals surface area (Å²) in [6.07, 6.45) is 13.3. The Morgan fingerprint density at radius 3 is 1.50 bits per heavy atom. The number of carbonyl (C=O) groups is 1. The molecule has 0 aromatic carbocycles. The summed E-state index contributed by atoms with van der Waals surface area (Å²) in [7, 11) is -4.32. The van der Waals surface area contributed by atoms with Crippen molar-refractivity contribution >= 4 is 16.1 Å². The number of aliphatic carboxylic acids is 1. The van der Waals surface area contributed by atoms with Gasteiger partial charge in [-0.2, -0.15) is 8.42 Å². The van der Waals surface area contributed by atoms with Crippen LogP contribution in [0.3, 0.4) is 0 Å². The maximum atomic E-state index is 9.62. The van der Waals surface area contributed by atoms with Crippen LogP contribution in [0.4, 0.5) is 0 Å². The number of hydrogen-bond donors (Lipinski definition) is 3. The summed E-state index contributed by atoms with van der Waals surface area (Å²) in [5.41, 5.74) is 0. The van der Waals surface area contributed by atoms with Gasteiger partial charge in [0, 0.05) is 6.61 Å². The molecule has 0 aliphatic carbocycles. The van der Waals surface area contributed by atoms with E-state index in [0.717, 1.165) is 6.42 Å². The molecule has 8 heteroatoms. The molecule has 0 radical (unpaired) electrons. The van der Waals surface area contributed by atoms with Crippen LogP contribution < -0.4 is 29.6 Å². The maximum absolute atomic E-state index is 9.62. The summed E-state index contributed by atoms with van der Waals surface area (Å²) < 4.78 is 27.0. The first-order valence-corrected chi connectivity index (χ1v) is 9.22. The molecule has 0 unspecified atom stereocenters. The average Bonchev–Trinajstić information content (AvgIpc) is 2.35. The second kappa shape index (κ2) is 19.4. The predicted molar refractivity (Wildman–Crippen MR) is 84.1 cm³/mol. The van der Waals surface area contributed by atoms with Crippen LogP contribution in [-0.2, 0) is 14.9 Å². The second-order valence-corrected chi connectivity index (χ2v) is 6.48. The van der Waals surface area contributed by atoms with Crippen molar-refractivity contribution in [1.29, 1.82) is 0 Å². The zero-order valence-electron chi connectivity index (χ0n) is 15.0. The van der Waals surface area contributed by atoms with E-state index < -0.39 is 21.8 Å². The quantitative estimate of drug-likeness (QED) is 0.259. The van der Waals surface area contributed by atoms with Gasteiger partial charge in [-0.1, -0.05) is 64.7 Å². The Labute approximate surface area is 158 Å². The van der Waals surface area contributed by atoms with Gasteiger partial charge in [-0.15, -0.1) is 0 Å². The summed E-state index contributed by atoms with van der Waals surface area (Å²) in [6.45, 7) is 2.63. The molecule has 0 aromatic heterocycles. The van der Waals surface area contributed by atoms with Crippen molar-refractivity contribution in [1.82, 2.24) is 0 Å². The van der Waals surface area contributed by atoms with Gasteiger partial charge >= 0.3 is 35.5 Å². The van der Waals surface area contributed by atoms with Gasteiger partial charge in [0.15, 0.2) is 5.75 Å². The molecule has 0 heterocycles. The molecular weight excluding hydrogens is 319 g/mol. The molecule has 0 saturated carbocycles. The maximum Gasteiger partial charge on any atom is 1.00 e. The van der Waals surface area contributed by atoms with Crippen molar-refractivity contribution in [2.45, 2.75) is 71.1 Å². The van der Waals surface area contributed by atoms with Gasteiger partial charge in [0.25, 0.3) is 10.1 Å². The van der Waals surface area contributed by atoms with Crippen molar-refractivity contribution in [3.05, 3.63) is 0 Å². The number of aliphatic hydroxyl groups excluding tert-OH is 1. The minimum atomic E-state index is -4.32. The van der Waals surface area contributed by atoms with Crippen LogP contribution in [0.25, 0.3) is 0 Å². The fourth-order valence-corrected chi connectivity index (χ4v) is 2.07. The van der Waals surface area contributed by atoms with Crippen LogP contribution in [0, 0.1) is 0 Å². The number of aliphatic hydroxyl groups is 1. The van der Waals surface area contributed by atoms with E-state index in [2.05, 4.69) is 6.92 Å². The van der Waals surface area contributed by atoms with Gasteiger partial charge in [-0.3, -0.25) is 9.35 Å². The van der Waals surface area contributed by atoms with Crippen molar-refractivity contribution in [3.63, 3.8) is 0 Å². The minimum absolute atomic E-state index is 0. The summed E-state index contributed by atoms with van der Waals surface area (Å²) in [6, 6.07) is 0. The first-order chi connectivity index (χ1) is 9.83. The van der Waals surface area contributed by atoms with Crippen LogP contribution in [-0.4, -0.2) is 41.5 Å². The van der Waals surface area contributed by atoms with Gasteiger partial charge in [0.2, 0.25) is 0 Å². The number of unbranched alkanes of at least 4 members (excludes halogenated alkanes) is 9. The topological polar surface area (TPSA) is 112 Å². The van der Waals surface area contributed by atoms with E-state index in [4.69, 9.17) is 14.8 Å². The molecule has 0 spiro atoms. The van der Waals surface area contributed by atoms with E-state index in [-0.39, 0.29) is 31.0 Å². The third-order valence-electron chi connectivity index (χ3n) is 2.82. The Hall–Kier alpha value is 0.340. The van der Waals surface area contributed by atoms with Crippen LogP contribution >= 0.6 is 0 Å². The molecule has 0 rings (SSSR count). The molecule has 0 aliphatic rings. The molecule has 22 heavy (non-hydrogen) atoms. The fourth-order valence-electron chi connectivity index (χ4n) is 1.76. The third-order valence-corrected chi connectivity index (χ3v) is 3.43. The zero-order valence-corrected chi connectivity index (χ0v) is 16.8. The normalized spacial score (nSPS) is 10.3. The third kappa shape index (κ3) is 32.3. The number of carboxylic acid groups (broad SMARTS) is 1. The van der Waals surface area contributed by atoms with Gasteiger partial charge < -0.3 is 11.6 Å². The molecule has 0 fully saturated rings. The Kier molecular flexibility index (Phi) is 24.0. The molecule has 130 valence electrons. The molecule has 0 saturated heterocycles. The Morgan fingerprint density at radius 2 is 1.27 bits per heavy atom. The SMILES string of the molecule is CCCCCCCCCCCCO.O=C(O)CS(=O)(=O)O.[H-].[Na+]. The van der Waals surface area contributed by atoms with Crippen LogP contribution in [0.1, 0.15) is 72.6 Å². The molecule has 3 N–H and O–H groups in total. The standard InChI is InChI=1S/C12H26O.C2H4O5S.Na.H/c1-2-3-4-5-6-7-8-9-10-11-12-13;3-2(4)1-8(5,6)7;;/h13H,2-12H2,1H3;1H2,(H,3,4)(H,5,6,7);;/q;;+1;-1. The summed E-state index contributed by atoms with van der Waals surface area (Å²) in [5.74, 6) is -2.79. The zero-order chi connectivity index (χ0) is 16.6. The first-order valence-electron chi connectivity index (χ1n) is 7.61. The molecule has 0 aliphatic heterocycles. The van der Waals surface area contributed by atoms with E-state index in [1.807, 2.05) is 0 Å². The van der Waals surface area contributed by atoms with Crippen LogP contribution in [0.5, 0.6) is 0 Å². The Bertz CT molecular complexity index is 328. The van der Waals surface area contributed by atoms with Crippen molar-refractivity contribution < 1.29 is 59.0 Å². The minimum Gasteiger partial charge on any atom is -1.00 e. The van der Waals surface area contributed by atoms with E-state index >= 15 is 0 Å². The van der Waals surface area contributed by atoms with Gasteiger partial charge in [0.1, 0.15) is 0 Å². The largest absolute Gasteiger partial charge is 1.00 e. The number of rotatable bonds is 12. The predicted octanol–water partition coefficient (Wildman–Crippen LogP) is -0.0251. The summed E-state index contributed by atoms with van der Waals surface area (Å²) in [4.78, 5) is 9.48. The smallest absolute Gasteiger partial charge is 1.00 e. The van der Waals surface area contributed by atoms with Crippen LogP contribution in [0.2, 0.25) is 0 Å². The van der Waals surface area contributed by atoms with E-state index in [9.17, 15) is 13.2 Å². The monoisotopic (exact) mass is 350 g/mol. The molecule has 0 bridgehead atoms. The second-order valence-electron chi connectivity index (χ2n) is 5.03. The van der Waals surface area contributed by atoms with Gasteiger partial charge in [0.05, 0.1) is 0 Å². The van der Waals surface area contributed by atoms with Gasteiger partial charge in [-0.25, -0.2) is 0 Å². The average molecular weight is 350 g/mol. The first kappa shape index (κ1) is 27.2. The molecule has 0 amide bonds. The molecule has 0 atom stereocenters. The van der Waals surface area contributed by atoms with Crippen LogP contribution in [0.15, 0.2) is 0 Å². The number of hydrogen-bond acceptors (Lipinski definition) is 4. The van der Waals surface area contributed by atoms with E-state index in [1.165, 1.54) is 57.8 Å². The molecule has 0 aromatic rings. The van der Waals surface area contributed by atoms with Crippen molar-refractivity contribution in [2.24, 2.45) is 0 Å². The van der Waals surface area contributed by atoms with Gasteiger partial charge in [-0.05, 0) is 6.42 Å².